The molecule has 0 aromatic carbocycles. The highest BCUT2D eigenvalue weighted by Gasteiger charge is 2.18. The fourth-order valence-electron chi connectivity index (χ4n) is 2.41. The molecule has 4 nitrogen and oxygen atoms in total. The van der Waals surface area contributed by atoms with E-state index in [2.05, 4.69) is 46.1 Å². The highest BCUT2D eigenvalue weighted by atomic mass is 15.3. The minimum Gasteiger partial charge on any atom is -0.373 e. The van der Waals surface area contributed by atoms with E-state index in [0.29, 0.717) is 0 Å². The Morgan fingerprint density at radius 3 is 2.56 bits per heavy atom. The molecule has 2 heterocycles. The molecule has 0 radical (unpaired) electrons. The molecule has 100 valence electrons. The molecule has 0 spiro atoms. The van der Waals surface area contributed by atoms with Gasteiger partial charge in [-0.05, 0) is 18.1 Å². The molecule has 1 fully saturated rings. The van der Waals surface area contributed by atoms with Crippen molar-refractivity contribution < 1.29 is 0 Å². The normalized spacial score (nSPS) is 17.2. The first-order valence-electron chi connectivity index (χ1n) is 6.81. The molecular formula is C14H24N4. The molecule has 0 aliphatic carbocycles. The fraction of sp³-hybridized carbons (Fsp3) is 0.643. The number of rotatable bonds is 4. The molecule has 0 amide bonds. The molecule has 1 N–H and O–H groups in total. The maximum atomic E-state index is 4.60. The predicted octanol–water partition coefficient (Wildman–Crippen LogP) is 1.90. The molecule has 4 heteroatoms. The van der Waals surface area contributed by atoms with Crippen LogP contribution in [0.25, 0.3) is 0 Å². The zero-order chi connectivity index (χ0) is 13.0. The maximum absolute atomic E-state index is 4.60. The van der Waals surface area contributed by atoms with Crippen molar-refractivity contribution >= 4 is 11.6 Å². The second-order valence-electron chi connectivity index (χ2n) is 5.31. The van der Waals surface area contributed by atoms with Gasteiger partial charge in [0.25, 0.3) is 0 Å². The van der Waals surface area contributed by atoms with E-state index in [-0.39, 0.29) is 0 Å². The largest absolute Gasteiger partial charge is 0.373 e. The molecule has 0 saturated carbocycles. The van der Waals surface area contributed by atoms with Gasteiger partial charge in [0.15, 0.2) is 0 Å². The monoisotopic (exact) mass is 248 g/mol. The van der Waals surface area contributed by atoms with Crippen LogP contribution in [0, 0.1) is 5.92 Å². The average Bonchev–Trinajstić information content (AvgIpc) is 2.39. The smallest absolute Gasteiger partial charge is 0.131 e. The lowest BCUT2D eigenvalue weighted by molar-refractivity contribution is 0.231. The van der Waals surface area contributed by atoms with Crippen LogP contribution in [0.5, 0.6) is 0 Å². The number of anilines is 2. The van der Waals surface area contributed by atoms with Gasteiger partial charge in [-0.25, -0.2) is 4.98 Å². The summed E-state index contributed by atoms with van der Waals surface area (Å²) < 4.78 is 0. The van der Waals surface area contributed by atoms with E-state index in [9.17, 15) is 0 Å². The van der Waals surface area contributed by atoms with Gasteiger partial charge in [-0.3, -0.25) is 4.90 Å². The molecule has 0 atom stereocenters. The summed E-state index contributed by atoms with van der Waals surface area (Å²) in [7, 11) is 1.91. The van der Waals surface area contributed by atoms with Crippen LogP contribution in [-0.4, -0.2) is 49.7 Å². The van der Waals surface area contributed by atoms with Gasteiger partial charge in [-0.15, -0.1) is 0 Å². The van der Waals surface area contributed by atoms with Crippen molar-refractivity contribution in [3.63, 3.8) is 0 Å². The molecule has 18 heavy (non-hydrogen) atoms. The second kappa shape index (κ2) is 6.05. The van der Waals surface area contributed by atoms with E-state index < -0.39 is 0 Å². The maximum Gasteiger partial charge on any atom is 0.131 e. The third-order valence-electron chi connectivity index (χ3n) is 3.31. The van der Waals surface area contributed by atoms with Crippen molar-refractivity contribution in [3.05, 3.63) is 18.2 Å². The Bertz CT molecular complexity index is 370. The summed E-state index contributed by atoms with van der Waals surface area (Å²) in [5.74, 6) is 2.78. The first-order chi connectivity index (χ1) is 8.69. The van der Waals surface area contributed by atoms with Gasteiger partial charge >= 0.3 is 0 Å². The van der Waals surface area contributed by atoms with E-state index in [1.807, 2.05) is 13.1 Å². The standard InChI is InChI=1S/C14H24N4/c1-12(2)11-17-7-9-18(10-8-17)14-6-4-5-13(15-3)16-14/h4-6,12H,7-11H2,1-3H3,(H,15,16). The summed E-state index contributed by atoms with van der Waals surface area (Å²) in [5, 5.41) is 3.09. The molecule has 1 aromatic heterocycles. The summed E-state index contributed by atoms with van der Waals surface area (Å²) in [4.78, 5) is 9.51. The van der Waals surface area contributed by atoms with Crippen molar-refractivity contribution in [3.8, 4) is 0 Å². The van der Waals surface area contributed by atoms with Gasteiger partial charge in [-0.2, -0.15) is 0 Å². The summed E-state index contributed by atoms with van der Waals surface area (Å²) in [6.07, 6.45) is 0. The molecule has 1 aliphatic heterocycles. The number of hydrogen-bond acceptors (Lipinski definition) is 4. The second-order valence-corrected chi connectivity index (χ2v) is 5.31. The first-order valence-corrected chi connectivity index (χ1v) is 6.81. The highest BCUT2D eigenvalue weighted by Crippen LogP contribution is 2.16. The van der Waals surface area contributed by atoms with Gasteiger partial charge < -0.3 is 10.2 Å². The summed E-state index contributed by atoms with van der Waals surface area (Å²) in [6, 6.07) is 6.16. The minimum absolute atomic E-state index is 0.752. The zero-order valence-electron chi connectivity index (χ0n) is 11.7. The zero-order valence-corrected chi connectivity index (χ0v) is 11.7. The van der Waals surface area contributed by atoms with Crippen LogP contribution in [0.1, 0.15) is 13.8 Å². The van der Waals surface area contributed by atoms with Crippen molar-refractivity contribution in [2.24, 2.45) is 5.92 Å². The third-order valence-corrected chi connectivity index (χ3v) is 3.31. The first kappa shape index (κ1) is 13.1. The number of piperazine rings is 1. The van der Waals surface area contributed by atoms with Crippen LogP contribution in [0.3, 0.4) is 0 Å². The fourth-order valence-corrected chi connectivity index (χ4v) is 2.41. The van der Waals surface area contributed by atoms with E-state index in [1.54, 1.807) is 0 Å². The lowest BCUT2D eigenvalue weighted by Crippen LogP contribution is -2.47. The summed E-state index contributed by atoms with van der Waals surface area (Å²) >= 11 is 0. The number of nitrogens with zero attached hydrogens (tertiary/aromatic N) is 3. The van der Waals surface area contributed by atoms with Crippen molar-refractivity contribution in [2.75, 3.05) is 50.0 Å². The van der Waals surface area contributed by atoms with E-state index in [4.69, 9.17) is 0 Å². The molecular weight excluding hydrogens is 224 g/mol. The topological polar surface area (TPSA) is 31.4 Å². The Balaban J connectivity index is 1.92. The third kappa shape index (κ3) is 3.35. The van der Waals surface area contributed by atoms with Gasteiger partial charge in [0.1, 0.15) is 11.6 Å². The van der Waals surface area contributed by atoms with E-state index in [0.717, 1.165) is 43.7 Å². The Hall–Kier alpha value is -1.29. The number of pyridine rings is 1. The van der Waals surface area contributed by atoms with Crippen molar-refractivity contribution in [1.82, 2.24) is 9.88 Å². The Morgan fingerprint density at radius 1 is 1.22 bits per heavy atom. The lowest BCUT2D eigenvalue weighted by Gasteiger charge is -2.36. The molecule has 0 bridgehead atoms. The predicted molar refractivity (Wildman–Crippen MR) is 77.3 cm³/mol. The van der Waals surface area contributed by atoms with Crippen molar-refractivity contribution in [2.45, 2.75) is 13.8 Å². The van der Waals surface area contributed by atoms with Crippen LogP contribution in [0.2, 0.25) is 0 Å². The quantitative estimate of drug-likeness (QED) is 0.882. The van der Waals surface area contributed by atoms with Crippen LogP contribution in [-0.2, 0) is 0 Å². The van der Waals surface area contributed by atoms with Crippen LogP contribution >= 0.6 is 0 Å². The molecule has 1 aromatic rings. The molecule has 1 aliphatic rings. The van der Waals surface area contributed by atoms with Gasteiger partial charge in [0.2, 0.25) is 0 Å². The summed E-state index contributed by atoms with van der Waals surface area (Å²) in [5.41, 5.74) is 0. The SMILES string of the molecule is CNc1cccc(N2CCN(CC(C)C)CC2)n1. The van der Waals surface area contributed by atoms with Crippen LogP contribution in [0.15, 0.2) is 18.2 Å². The van der Waals surface area contributed by atoms with E-state index >= 15 is 0 Å². The van der Waals surface area contributed by atoms with Crippen molar-refractivity contribution in [1.29, 1.82) is 0 Å². The Kier molecular flexibility index (Phi) is 4.42. The Labute approximate surface area is 110 Å². The minimum atomic E-state index is 0.752. The average molecular weight is 248 g/mol. The van der Waals surface area contributed by atoms with E-state index in [1.165, 1.54) is 6.54 Å². The number of hydrogen-bond donors (Lipinski definition) is 1. The summed E-state index contributed by atoms with van der Waals surface area (Å²) in [6.45, 7) is 10.2. The van der Waals surface area contributed by atoms with Gasteiger partial charge in [0.05, 0.1) is 0 Å². The Morgan fingerprint density at radius 2 is 1.94 bits per heavy atom. The molecule has 2 rings (SSSR count). The van der Waals surface area contributed by atoms with Crippen LogP contribution in [0.4, 0.5) is 11.6 Å². The molecule has 1 saturated heterocycles. The number of nitrogens with one attached hydrogen (secondary N) is 1. The van der Waals surface area contributed by atoms with Gasteiger partial charge in [0, 0.05) is 39.8 Å². The molecule has 0 unspecified atom stereocenters. The van der Waals surface area contributed by atoms with Gasteiger partial charge in [-0.1, -0.05) is 19.9 Å². The lowest BCUT2D eigenvalue weighted by atomic mass is 10.2. The highest BCUT2D eigenvalue weighted by molar-refractivity contribution is 5.47. The van der Waals surface area contributed by atoms with Crippen LogP contribution < -0.4 is 10.2 Å². The number of aromatic nitrogens is 1.